The van der Waals surface area contributed by atoms with Crippen molar-refractivity contribution in [3.05, 3.63) is 29.6 Å². The number of alkyl halides is 3. The third-order valence-electron chi connectivity index (χ3n) is 2.96. The molecular weight excluding hydrogens is 233 g/mol. The molecule has 94 valence electrons. The van der Waals surface area contributed by atoms with Gasteiger partial charge in [-0.2, -0.15) is 13.2 Å². The Bertz CT molecular complexity index is 389. The predicted molar refractivity (Wildman–Crippen MR) is 55.2 cm³/mol. The van der Waals surface area contributed by atoms with Gasteiger partial charge in [0.15, 0.2) is 0 Å². The molecule has 1 aliphatic heterocycles. The maximum Gasteiger partial charge on any atom is 0.416 e. The minimum absolute atomic E-state index is 0.153. The number of nitrogens with one attached hydrogen (secondary N) is 1. The van der Waals surface area contributed by atoms with Crippen molar-refractivity contribution >= 4 is 0 Å². The van der Waals surface area contributed by atoms with Gasteiger partial charge in [0.1, 0.15) is 0 Å². The fraction of sp³-hybridized carbons (Fsp3) is 0.545. The summed E-state index contributed by atoms with van der Waals surface area (Å²) in [6.07, 6.45) is -1.91. The van der Waals surface area contributed by atoms with Gasteiger partial charge in [-0.25, -0.2) is 0 Å². The third-order valence-corrected chi connectivity index (χ3v) is 2.96. The lowest BCUT2D eigenvalue weighted by molar-refractivity contribution is -0.139. The van der Waals surface area contributed by atoms with E-state index in [1.165, 1.54) is 0 Å². The molecule has 0 spiro atoms. The fourth-order valence-electron chi connectivity index (χ4n) is 2.10. The molecule has 17 heavy (non-hydrogen) atoms. The second-order valence-corrected chi connectivity index (χ2v) is 4.11. The first-order valence-corrected chi connectivity index (χ1v) is 5.42. The van der Waals surface area contributed by atoms with Gasteiger partial charge in [-0.15, -0.1) is 0 Å². The Morgan fingerprint density at radius 1 is 1.47 bits per heavy atom. The van der Waals surface area contributed by atoms with Crippen LogP contribution in [0.15, 0.2) is 18.5 Å². The number of nitrogens with zero attached hydrogens (tertiary/aromatic N) is 1. The molecule has 1 fully saturated rings. The molecule has 0 radical (unpaired) electrons. The number of hydrogen-bond donors (Lipinski definition) is 2. The predicted octanol–water partition coefficient (Wildman–Crippen LogP) is 1.89. The molecule has 2 atom stereocenters. The number of hydrogen-bond acceptors (Lipinski definition) is 3. The quantitative estimate of drug-likeness (QED) is 0.837. The minimum Gasteiger partial charge on any atom is -0.387 e. The van der Waals surface area contributed by atoms with Crippen LogP contribution >= 0.6 is 0 Å². The number of aliphatic hydroxyl groups is 1. The second-order valence-electron chi connectivity index (χ2n) is 4.11. The number of aromatic nitrogens is 1. The Balaban J connectivity index is 2.31. The van der Waals surface area contributed by atoms with Crippen molar-refractivity contribution < 1.29 is 18.3 Å². The lowest BCUT2D eigenvalue weighted by atomic mass is 9.98. The topological polar surface area (TPSA) is 45.2 Å². The van der Waals surface area contributed by atoms with Gasteiger partial charge in [-0.3, -0.25) is 4.98 Å². The van der Waals surface area contributed by atoms with Gasteiger partial charge in [0, 0.05) is 24.0 Å². The molecule has 0 aromatic carbocycles. The molecule has 1 saturated heterocycles. The molecular formula is C11H13F3N2O. The molecule has 0 aliphatic carbocycles. The maximum absolute atomic E-state index is 12.7. The van der Waals surface area contributed by atoms with E-state index in [-0.39, 0.29) is 11.6 Å². The second kappa shape index (κ2) is 4.62. The van der Waals surface area contributed by atoms with Crippen molar-refractivity contribution in [1.29, 1.82) is 0 Å². The molecule has 2 N–H and O–H groups in total. The summed E-state index contributed by atoms with van der Waals surface area (Å²) in [4.78, 5) is 3.66. The van der Waals surface area contributed by atoms with Gasteiger partial charge >= 0.3 is 6.18 Å². The molecule has 3 nitrogen and oxygen atoms in total. The zero-order chi connectivity index (χ0) is 12.5. The van der Waals surface area contributed by atoms with E-state index in [9.17, 15) is 18.3 Å². The van der Waals surface area contributed by atoms with E-state index in [2.05, 4.69) is 10.3 Å². The highest BCUT2D eigenvalue weighted by Crippen LogP contribution is 2.35. The van der Waals surface area contributed by atoms with Crippen LogP contribution in [0.3, 0.4) is 0 Å². The number of rotatable bonds is 2. The van der Waals surface area contributed by atoms with E-state index in [1.807, 2.05) is 0 Å². The largest absolute Gasteiger partial charge is 0.416 e. The summed E-state index contributed by atoms with van der Waals surface area (Å²) in [5.74, 6) is 0. The zero-order valence-corrected chi connectivity index (χ0v) is 9.04. The fourth-order valence-corrected chi connectivity index (χ4v) is 2.10. The Kier molecular flexibility index (Phi) is 3.35. The van der Waals surface area contributed by atoms with E-state index < -0.39 is 17.8 Å². The molecule has 0 bridgehead atoms. The minimum atomic E-state index is -4.46. The van der Waals surface area contributed by atoms with E-state index in [0.29, 0.717) is 6.42 Å². The van der Waals surface area contributed by atoms with Gasteiger partial charge in [-0.05, 0) is 25.5 Å². The van der Waals surface area contributed by atoms with Crippen LogP contribution in [0.5, 0.6) is 0 Å². The summed E-state index contributed by atoms with van der Waals surface area (Å²) in [7, 11) is 0. The van der Waals surface area contributed by atoms with Crippen LogP contribution in [0.2, 0.25) is 0 Å². The van der Waals surface area contributed by atoms with E-state index in [4.69, 9.17) is 0 Å². The van der Waals surface area contributed by atoms with Gasteiger partial charge in [0.25, 0.3) is 0 Å². The summed E-state index contributed by atoms with van der Waals surface area (Å²) in [5, 5.41) is 13.0. The van der Waals surface area contributed by atoms with Crippen LogP contribution in [-0.4, -0.2) is 22.7 Å². The molecule has 2 rings (SSSR count). The van der Waals surface area contributed by atoms with Crippen molar-refractivity contribution in [1.82, 2.24) is 10.3 Å². The molecule has 2 unspecified atom stereocenters. The first kappa shape index (κ1) is 12.3. The van der Waals surface area contributed by atoms with Gasteiger partial charge in [0.05, 0.1) is 11.7 Å². The van der Waals surface area contributed by atoms with Crippen molar-refractivity contribution in [3.63, 3.8) is 0 Å². The van der Waals surface area contributed by atoms with Crippen molar-refractivity contribution in [2.45, 2.75) is 31.2 Å². The number of aliphatic hydroxyl groups excluding tert-OH is 1. The summed E-state index contributed by atoms with van der Waals surface area (Å²) >= 11 is 0. The first-order valence-electron chi connectivity index (χ1n) is 5.42. The molecule has 1 aromatic heterocycles. The molecule has 0 saturated carbocycles. The van der Waals surface area contributed by atoms with Gasteiger partial charge in [-0.1, -0.05) is 0 Å². The average molecular weight is 246 g/mol. The Morgan fingerprint density at radius 3 is 2.82 bits per heavy atom. The Labute approximate surface area is 96.7 Å². The molecule has 2 heterocycles. The molecule has 6 heteroatoms. The SMILES string of the molecule is OC(c1cnccc1C(F)(F)F)C1CCCN1. The van der Waals surface area contributed by atoms with Crippen LogP contribution in [0.25, 0.3) is 0 Å². The standard InChI is InChI=1S/C11H13F3N2O/c12-11(13,14)8-3-5-15-6-7(8)10(17)9-2-1-4-16-9/h3,5-6,9-10,16-17H,1-2,4H2. The molecule has 1 aliphatic rings. The lowest BCUT2D eigenvalue weighted by Gasteiger charge is -2.21. The Hall–Kier alpha value is -1.14. The highest BCUT2D eigenvalue weighted by Gasteiger charge is 2.37. The number of halogens is 3. The van der Waals surface area contributed by atoms with E-state index >= 15 is 0 Å². The molecule has 1 aromatic rings. The summed E-state index contributed by atoms with van der Waals surface area (Å²) < 4.78 is 38.2. The normalized spacial score (nSPS) is 22.7. The van der Waals surface area contributed by atoms with E-state index in [0.717, 1.165) is 31.4 Å². The first-order chi connectivity index (χ1) is 8.00. The van der Waals surface area contributed by atoms with Gasteiger partial charge < -0.3 is 10.4 Å². The van der Waals surface area contributed by atoms with Crippen molar-refractivity contribution in [2.24, 2.45) is 0 Å². The summed E-state index contributed by atoms with van der Waals surface area (Å²) in [6.45, 7) is 0.726. The summed E-state index contributed by atoms with van der Waals surface area (Å²) in [5.41, 5.74) is -0.965. The highest BCUT2D eigenvalue weighted by atomic mass is 19.4. The van der Waals surface area contributed by atoms with Gasteiger partial charge in [0.2, 0.25) is 0 Å². The van der Waals surface area contributed by atoms with Crippen LogP contribution in [0, 0.1) is 0 Å². The van der Waals surface area contributed by atoms with Crippen molar-refractivity contribution in [2.75, 3.05) is 6.54 Å². The Morgan fingerprint density at radius 2 is 2.24 bits per heavy atom. The smallest absolute Gasteiger partial charge is 0.387 e. The van der Waals surface area contributed by atoms with Crippen LogP contribution in [0.4, 0.5) is 13.2 Å². The monoisotopic (exact) mass is 246 g/mol. The third kappa shape index (κ3) is 2.58. The maximum atomic E-state index is 12.7. The van der Waals surface area contributed by atoms with Crippen LogP contribution < -0.4 is 5.32 Å². The molecule has 0 amide bonds. The highest BCUT2D eigenvalue weighted by molar-refractivity contribution is 5.29. The van der Waals surface area contributed by atoms with Crippen molar-refractivity contribution in [3.8, 4) is 0 Å². The lowest BCUT2D eigenvalue weighted by Crippen LogP contribution is -2.30. The van der Waals surface area contributed by atoms with Crippen LogP contribution in [0.1, 0.15) is 30.1 Å². The summed E-state index contributed by atoms with van der Waals surface area (Å²) in [6, 6.07) is 0.577. The van der Waals surface area contributed by atoms with Crippen LogP contribution in [-0.2, 0) is 6.18 Å². The zero-order valence-electron chi connectivity index (χ0n) is 9.04. The van der Waals surface area contributed by atoms with E-state index in [1.54, 1.807) is 0 Å². The number of pyridine rings is 1. The average Bonchev–Trinajstić information content (AvgIpc) is 2.80.